The molecule has 28 heavy (non-hydrogen) atoms. The summed E-state index contributed by atoms with van der Waals surface area (Å²) in [6, 6.07) is 5.62. The maximum Gasteiger partial charge on any atom is 0.410 e. The van der Waals surface area contributed by atoms with Crippen LogP contribution in [0.2, 0.25) is 0 Å². The Morgan fingerprint density at radius 2 is 2.00 bits per heavy atom. The van der Waals surface area contributed by atoms with Crippen molar-refractivity contribution in [3.8, 4) is 0 Å². The van der Waals surface area contributed by atoms with Gasteiger partial charge in [-0.2, -0.15) is 0 Å². The van der Waals surface area contributed by atoms with E-state index in [4.69, 9.17) is 4.74 Å². The fourth-order valence-corrected chi connectivity index (χ4v) is 2.65. The molecule has 0 aromatic carbocycles. The summed E-state index contributed by atoms with van der Waals surface area (Å²) in [5, 5.41) is 9.06. The Balaban J connectivity index is 1.47. The number of ether oxygens (including phenoxy) is 1. The lowest BCUT2D eigenvalue weighted by Gasteiger charge is -2.13. The van der Waals surface area contributed by atoms with Crippen molar-refractivity contribution in [1.29, 1.82) is 0 Å². The normalized spacial score (nSPS) is 13.2. The molecule has 10 heteroatoms. The molecule has 2 aromatic heterocycles. The molecule has 3 rings (SSSR count). The molecular weight excluding hydrogens is 362 g/mol. The average Bonchev–Trinajstić information content (AvgIpc) is 3.03. The van der Waals surface area contributed by atoms with E-state index in [0.717, 1.165) is 5.56 Å². The summed E-state index contributed by atoms with van der Waals surface area (Å²) in [6.07, 6.45) is 1.28. The second kappa shape index (κ2) is 8.98. The number of nitrogens with zero attached hydrogens (tertiary/aromatic N) is 4. The highest BCUT2D eigenvalue weighted by atomic mass is 16.6. The van der Waals surface area contributed by atoms with Crippen molar-refractivity contribution in [1.82, 2.24) is 25.2 Å². The van der Waals surface area contributed by atoms with Crippen LogP contribution in [0.5, 0.6) is 0 Å². The second-order valence-electron chi connectivity index (χ2n) is 6.34. The number of aryl methyl sites for hydroxylation is 2. The fourth-order valence-electron chi connectivity index (χ4n) is 2.65. The molecule has 0 radical (unpaired) electrons. The predicted molar refractivity (Wildman–Crippen MR) is 103 cm³/mol. The maximum absolute atomic E-state index is 11.9. The maximum atomic E-state index is 11.9. The zero-order valence-corrected chi connectivity index (χ0v) is 15.9. The van der Waals surface area contributed by atoms with Gasteiger partial charge < -0.3 is 20.7 Å². The van der Waals surface area contributed by atoms with E-state index in [0.29, 0.717) is 49.5 Å². The average molecular weight is 385 g/mol. The van der Waals surface area contributed by atoms with Crippen molar-refractivity contribution in [3.05, 3.63) is 35.8 Å². The van der Waals surface area contributed by atoms with E-state index in [1.807, 2.05) is 19.1 Å². The fraction of sp³-hybridized carbons (Fsp3) is 0.389. The molecule has 1 saturated heterocycles. The van der Waals surface area contributed by atoms with Crippen LogP contribution in [0, 0.1) is 13.8 Å². The van der Waals surface area contributed by atoms with Gasteiger partial charge in [-0.05, 0) is 31.5 Å². The molecular formula is C18H23N7O3. The highest BCUT2D eigenvalue weighted by Crippen LogP contribution is 2.16. The summed E-state index contributed by atoms with van der Waals surface area (Å²) in [6.45, 7) is 5.44. The quantitative estimate of drug-likeness (QED) is 0.580. The molecule has 0 bridgehead atoms. The summed E-state index contributed by atoms with van der Waals surface area (Å²) in [7, 11) is 0. The first-order valence-electron chi connectivity index (χ1n) is 8.97. The zero-order chi connectivity index (χ0) is 19.9. The lowest BCUT2D eigenvalue weighted by molar-refractivity contribution is -0.121. The van der Waals surface area contributed by atoms with E-state index in [2.05, 4.69) is 30.9 Å². The number of aromatic nitrogens is 3. The van der Waals surface area contributed by atoms with Crippen LogP contribution in [0.3, 0.4) is 0 Å². The van der Waals surface area contributed by atoms with Crippen molar-refractivity contribution < 1.29 is 14.3 Å². The van der Waals surface area contributed by atoms with Gasteiger partial charge in [-0.3, -0.25) is 9.69 Å². The molecule has 3 heterocycles. The van der Waals surface area contributed by atoms with Crippen molar-refractivity contribution in [2.24, 2.45) is 0 Å². The van der Waals surface area contributed by atoms with E-state index < -0.39 is 6.09 Å². The molecule has 2 aromatic rings. The predicted octanol–water partition coefficient (Wildman–Crippen LogP) is 1.21. The third kappa shape index (κ3) is 5.53. The van der Waals surface area contributed by atoms with Gasteiger partial charge in [0.1, 0.15) is 36.4 Å². The molecule has 0 aliphatic carbocycles. The van der Waals surface area contributed by atoms with Crippen molar-refractivity contribution >= 4 is 29.5 Å². The van der Waals surface area contributed by atoms with Crippen LogP contribution in [0.25, 0.3) is 0 Å². The van der Waals surface area contributed by atoms with Crippen LogP contribution in [0.15, 0.2) is 24.4 Å². The summed E-state index contributed by atoms with van der Waals surface area (Å²) in [5.41, 5.74) is 1.10. The monoisotopic (exact) mass is 385 g/mol. The van der Waals surface area contributed by atoms with Crippen LogP contribution in [-0.4, -0.2) is 64.6 Å². The van der Waals surface area contributed by atoms with Gasteiger partial charge in [0, 0.05) is 25.4 Å². The minimum Gasteiger partial charge on any atom is -0.448 e. The molecule has 1 aliphatic heterocycles. The first-order valence-corrected chi connectivity index (χ1v) is 8.97. The van der Waals surface area contributed by atoms with E-state index in [1.54, 1.807) is 19.2 Å². The number of anilines is 3. The highest BCUT2D eigenvalue weighted by molar-refractivity contribution is 5.82. The van der Waals surface area contributed by atoms with Gasteiger partial charge in [0.25, 0.3) is 0 Å². The third-order valence-corrected chi connectivity index (χ3v) is 3.94. The van der Waals surface area contributed by atoms with Crippen LogP contribution >= 0.6 is 0 Å². The summed E-state index contributed by atoms with van der Waals surface area (Å²) in [4.78, 5) is 37.5. The lowest BCUT2D eigenvalue weighted by Crippen LogP contribution is -2.39. The number of cyclic esters (lactones) is 1. The number of rotatable bonds is 8. The van der Waals surface area contributed by atoms with E-state index >= 15 is 0 Å². The van der Waals surface area contributed by atoms with Crippen molar-refractivity contribution in [2.75, 3.05) is 43.4 Å². The Kier molecular flexibility index (Phi) is 6.20. The lowest BCUT2D eigenvalue weighted by atomic mass is 10.3. The number of hydrogen-bond donors (Lipinski definition) is 3. The Hall–Kier alpha value is -3.43. The molecule has 3 N–H and O–H groups in total. The Morgan fingerprint density at radius 3 is 2.75 bits per heavy atom. The second-order valence-corrected chi connectivity index (χ2v) is 6.34. The summed E-state index contributed by atoms with van der Waals surface area (Å²) < 4.78 is 4.79. The number of carbonyl (C=O) groups excluding carboxylic acids is 2. The Labute approximate surface area is 162 Å². The molecule has 0 atom stereocenters. The molecule has 10 nitrogen and oxygen atoms in total. The Morgan fingerprint density at radius 1 is 1.18 bits per heavy atom. The Bertz CT molecular complexity index is 859. The first kappa shape index (κ1) is 19.3. The zero-order valence-electron chi connectivity index (χ0n) is 15.9. The third-order valence-electron chi connectivity index (χ3n) is 3.94. The van der Waals surface area contributed by atoms with E-state index in [9.17, 15) is 9.59 Å². The summed E-state index contributed by atoms with van der Waals surface area (Å²) in [5.74, 6) is 2.35. The van der Waals surface area contributed by atoms with Gasteiger partial charge in [-0.1, -0.05) is 0 Å². The standard InChI is InChI=1S/C18H23N7O3/c1-12-3-4-19-14(9-12)24-16-10-15(22-13(2)23-16)20-5-6-21-17(26)11-25-7-8-28-18(25)27/h3-4,9-10H,5-8,11H2,1-2H3,(H,21,26)(H2,19,20,22,23,24). The van der Waals surface area contributed by atoms with Crippen molar-refractivity contribution in [3.63, 3.8) is 0 Å². The van der Waals surface area contributed by atoms with E-state index in [-0.39, 0.29) is 12.5 Å². The van der Waals surface area contributed by atoms with Gasteiger partial charge >= 0.3 is 6.09 Å². The SMILES string of the molecule is Cc1ccnc(Nc2cc(NCCNC(=O)CN3CCOC3=O)nc(C)n2)c1. The van der Waals surface area contributed by atoms with Crippen LogP contribution < -0.4 is 16.0 Å². The molecule has 0 spiro atoms. The smallest absolute Gasteiger partial charge is 0.410 e. The number of nitrogens with one attached hydrogen (secondary N) is 3. The van der Waals surface area contributed by atoms with Gasteiger partial charge in [-0.15, -0.1) is 0 Å². The van der Waals surface area contributed by atoms with Crippen molar-refractivity contribution in [2.45, 2.75) is 13.8 Å². The van der Waals surface area contributed by atoms with Crippen LogP contribution in [0.1, 0.15) is 11.4 Å². The number of pyridine rings is 1. The number of hydrogen-bond acceptors (Lipinski definition) is 8. The molecule has 0 saturated carbocycles. The van der Waals surface area contributed by atoms with Gasteiger partial charge in [0.05, 0.1) is 6.54 Å². The highest BCUT2D eigenvalue weighted by Gasteiger charge is 2.23. The van der Waals surface area contributed by atoms with Crippen LogP contribution in [0.4, 0.5) is 22.2 Å². The summed E-state index contributed by atoms with van der Waals surface area (Å²) >= 11 is 0. The minimum absolute atomic E-state index is 0.00299. The molecule has 2 amide bonds. The number of amides is 2. The van der Waals surface area contributed by atoms with E-state index in [1.165, 1.54) is 4.90 Å². The number of carbonyl (C=O) groups is 2. The minimum atomic E-state index is -0.451. The largest absolute Gasteiger partial charge is 0.448 e. The molecule has 148 valence electrons. The van der Waals surface area contributed by atoms with Gasteiger partial charge in [-0.25, -0.2) is 19.7 Å². The van der Waals surface area contributed by atoms with Gasteiger partial charge in [0.15, 0.2) is 0 Å². The topological polar surface area (TPSA) is 121 Å². The molecule has 0 unspecified atom stereocenters. The van der Waals surface area contributed by atoms with Gasteiger partial charge in [0.2, 0.25) is 5.91 Å². The molecule has 1 aliphatic rings. The first-order chi connectivity index (χ1) is 13.5. The molecule has 1 fully saturated rings. The van der Waals surface area contributed by atoms with Crippen LogP contribution in [-0.2, 0) is 9.53 Å².